The lowest BCUT2D eigenvalue weighted by Crippen LogP contribution is -2.35. The molecule has 1 saturated heterocycles. The molecule has 0 radical (unpaired) electrons. The third-order valence-corrected chi connectivity index (χ3v) is 4.13. The molecule has 1 amide bonds. The van der Waals surface area contributed by atoms with E-state index in [2.05, 4.69) is 10.3 Å². The molecule has 8 heteroatoms. The zero-order chi connectivity index (χ0) is 18.2. The van der Waals surface area contributed by atoms with Gasteiger partial charge >= 0.3 is 12.1 Å². The highest BCUT2D eigenvalue weighted by Crippen LogP contribution is 2.23. The standard InChI is InChI=1S/C17H22N4O4/c1-17(2,3)25-16(24)20-8-7-11(9-20)10-21-14-12(15(22)23)5-4-6-13(14)18-19-21/h4-6,11H,7-10H2,1-3H3,(H,22,23). The molecule has 1 aromatic heterocycles. The van der Waals surface area contributed by atoms with Crippen LogP contribution in [0.1, 0.15) is 37.6 Å². The van der Waals surface area contributed by atoms with Crippen molar-refractivity contribution in [1.82, 2.24) is 19.9 Å². The van der Waals surface area contributed by atoms with E-state index in [1.807, 2.05) is 20.8 Å². The fourth-order valence-corrected chi connectivity index (χ4v) is 3.05. The number of carbonyl (C=O) groups excluding carboxylic acids is 1. The summed E-state index contributed by atoms with van der Waals surface area (Å²) < 4.78 is 7.03. The van der Waals surface area contributed by atoms with Crippen LogP contribution in [0.3, 0.4) is 0 Å². The quantitative estimate of drug-likeness (QED) is 0.916. The van der Waals surface area contributed by atoms with E-state index >= 15 is 0 Å². The summed E-state index contributed by atoms with van der Waals surface area (Å²) in [4.78, 5) is 25.3. The van der Waals surface area contributed by atoms with E-state index in [4.69, 9.17) is 4.74 Å². The number of carboxylic acids is 1. The number of nitrogens with zero attached hydrogens (tertiary/aromatic N) is 4. The number of carboxylic acid groups (broad SMARTS) is 1. The lowest BCUT2D eigenvalue weighted by Gasteiger charge is -2.24. The second-order valence-electron chi connectivity index (χ2n) is 7.33. The monoisotopic (exact) mass is 346 g/mol. The van der Waals surface area contributed by atoms with Gasteiger partial charge in [-0.15, -0.1) is 5.10 Å². The smallest absolute Gasteiger partial charge is 0.410 e. The van der Waals surface area contributed by atoms with Gasteiger partial charge in [0, 0.05) is 19.6 Å². The first kappa shape index (κ1) is 17.2. The van der Waals surface area contributed by atoms with Gasteiger partial charge < -0.3 is 14.7 Å². The van der Waals surface area contributed by atoms with Crippen molar-refractivity contribution in [2.75, 3.05) is 13.1 Å². The van der Waals surface area contributed by atoms with Crippen molar-refractivity contribution in [3.05, 3.63) is 23.8 Å². The summed E-state index contributed by atoms with van der Waals surface area (Å²) in [7, 11) is 0. The number of ether oxygens (including phenoxy) is 1. The maximum atomic E-state index is 12.2. The third-order valence-electron chi connectivity index (χ3n) is 4.13. The second-order valence-corrected chi connectivity index (χ2v) is 7.33. The number of benzene rings is 1. The zero-order valence-corrected chi connectivity index (χ0v) is 14.6. The topological polar surface area (TPSA) is 97.5 Å². The highest BCUT2D eigenvalue weighted by Gasteiger charge is 2.30. The van der Waals surface area contributed by atoms with Crippen LogP contribution in [0, 0.1) is 5.92 Å². The predicted molar refractivity (Wildman–Crippen MR) is 90.4 cm³/mol. The van der Waals surface area contributed by atoms with Crippen LogP contribution in [0.15, 0.2) is 18.2 Å². The molecule has 1 aromatic carbocycles. The van der Waals surface area contributed by atoms with Gasteiger partial charge in [-0.3, -0.25) is 0 Å². The Hall–Kier alpha value is -2.64. The molecule has 1 atom stereocenters. The lowest BCUT2D eigenvalue weighted by molar-refractivity contribution is 0.0286. The molecule has 134 valence electrons. The summed E-state index contributed by atoms with van der Waals surface area (Å²) >= 11 is 0. The fraction of sp³-hybridized carbons (Fsp3) is 0.529. The number of amides is 1. The average molecular weight is 346 g/mol. The van der Waals surface area contributed by atoms with Gasteiger partial charge in [-0.05, 0) is 45.2 Å². The maximum Gasteiger partial charge on any atom is 0.410 e. The molecule has 0 spiro atoms. The molecular formula is C17H22N4O4. The summed E-state index contributed by atoms with van der Waals surface area (Å²) in [5.41, 5.74) is 0.741. The number of aromatic carboxylic acids is 1. The fourth-order valence-electron chi connectivity index (χ4n) is 3.05. The van der Waals surface area contributed by atoms with E-state index in [0.717, 1.165) is 6.42 Å². The number of para-hydroxylation sites is 1. The van der Waals surface area contributed by atoms with Crippen molar-refractivity contribution in [3.8, 4) is 0 Å². The average Bonchev–Trinajstić information content (AvgIpc) is 3.13. The largest absolute Gasteiger partial charge is 0.478 e. The van der Waals surface area contributed by atoms with Crippen LogP contribution in [0.25, 0.3) is 11.0 Å². The Kier molecular flexibility index (Phi) is 4.36. The first-order valence-corrected chi connectivity index (χ1v) is 8.28. The molecule has 0 saturated carbocycles. The second kappa shape index (κ2) is 6.34. The zero-order valence-electron chi connectivity index (χ0n) is 14.6. The Morgan fingerprint density at radius 1 is 1.36 bits per heavy atom. The van der Waals surface area contributed by atoms with E-state index in [-0.39, 0.29) is 17.6 Å². The lowest BCUT2D eigenvalue weighted by atomic mass is 10.1. The minimum Gasteiger partial charge on any atom is -0.478 e. The summed E-state index contributed by atoms with van der Waals surface area (Å²) in [6.07, 6.45) is 0.500. The Morgan fingerprint density at radius 3 is 2.80 bits per heavy atom. The molecule has 1 unspecified atom stereocenters. The molecule has 1 aliphatic rings. The number of hydrogen-bond acceptors (Lipinski definition) is 5. The number of hydrogen-bond donors (Lipinski definition) is 1. The van der Waals surface area contributed by atoms with Crippen molar-refractivity contribution in [3.63, 3.8) is 0 Å². The van der Waals surface area contributed by atoms with Crippen LogP contribution < -0.4 is 0 Å². The van der Waals surface area contributed by atoms with Crippen molar-refractivity contribution in [1.29, 1.82) is 0 Å². The van der Waals surface area contributed by atoms with Crippen LogP contribution in [0.4, 0.5) is 4.79 Å². The van der Waals surface area contributed by atoms with Crippen LogP contribution in [-0.2, 0) is 11.3 Å². The minimum atomic E-state index is -1.00. The van der Waals surface area contributed by atoms with E-state index in [9.17, 15) is 14.7 Å². The summed E-state index contributed by atoms with van der Waals surface area (Å²) in [5.74, 6) is -0.824. The molecule has 0 aliphatic carbocycles. The first-order valence-electron chi connectivity index (χ1n) is 8.28. The van der Waals surface area contributed by atoms with Crippen LogP contribution in [0.5, 0.6) is 0 Å². The van der Waals surface area contributed by atoms with E-state index in [1.54, 1.807) is 27.8 Å². The Balaban J connectivity index is 1.73. The van der Waals surface area contributed by atoms with Gasteiger partial charge in [0.1, 0.15) is 16.6 Å². The van der Waals surface area contributed by atoms with Gasteiger partial charge in [0.05, 0.1) is 5.56 Å². The predicted octanol–water partition coefficient (Wildman–Crippen LogP) is 2.39. The van der Waals surface area contributed by atoms with Gasteiger partial charge in [-0.25, -0.2) is 14.3 Å². The number of likely N-dealkylation sites (tertiary alicyclic amines) is 1. The van der Waals surface area contributed by atoms with Gasteiger partial charge in [0.15, 0.2) is 0 Å². The number of rotatable bonds is 3. The van der Waals surface area contributed by atoms with Crippen molar-refractivity contribution in [2.45, 2.75) is 39.3 Å². The Bertz CT molecular complexity index is 809. The van der Waals surface area contributed by atoms with Crippen molar-refractivity contribution >= 4 is 23.1 Å². The molecule has 2 aromatic rings. The minimum absolute atomic E-state index is 0.180. The molecule has 3 rings (SSSR count). The summed E-state index contributed by atoms with van der Waals surface area (Å²) in [6, 6.07) is 4.95. The van der Waals surface area contributed by atoms with Crippen LogP contribution >= 0.6 is 0 Å². The Labute approximate surface area is 145 Å². The molecule has 2 heterocycles. The van der Waals surface area contributed by atoms with Gasteiger partial charge in [-0.2, -0.15) is 0 Å². The van der Waals surface area contributed by atoms with Crippen molar-refractivity contribution < 1.29 is 19.4 Å². The third kappa shape index (κ3) is 3.72. The van der Waals surface area contributed by atoms with Crippen LogP contribution in [0.2, 0.25) is 0 Å². The van der Waals surface area contributed by atoms with E-state index in [0.29, 0.717) is 30.7 Å². The molecule has 1 aliphatic heterocycles. The normalized spacial score (nSPS) is 17.9. The highest BCUT2D eigenvalue weighted by molar-refractivity contribution is 6.00. The SMILES string of the molecule is CC(C)(C)OC(=O)N1CCC(Cn2nnc3cccc(C(=O)O)c32)C1. The number of fused-ring (bicyclic) bond motifs is 1. The van der Waals surface area contributed by atoms with Crippen molar-refractivity contribution in [2.24, 2.45) is 5.92 Å². The van der Waals surface area contributed by atoms with Gasteiger partial charge in [0.2, 0.25) is 0 Å². The number of aromatic nitrogens is 3. The van der Waals surface area contributed by atoms with Crippen LogP contribution in [-0.4, -0.2) is 55.8 Å². The molecule has 1 fully saturated rings. The molecule has 25 heavy (non-hydrogen) atoms. The molecular weight excluding hydrogens is 324 g/mol. The van der Waals surface area contributed by atoms with E-state index in [1.165, 1.54) is 0 Å². The summed E-state index contributed by atoms with van der Waals surface area (Å²) in [6.45, 7) is 7.22. The first-order chi connectivity index (χ1) is 11.7. The molecule has 8 nitrogen and oxygen atoms in total. The maximum absolute atomic E-state index is 12.2. The van der Waals surface area contributed by atoms with Gasteiger partial charge in [0.25, 0.3) is 0 Å². The number of carbonyl (C=O) groups is 2. The van der Waals surface area contributed by atoms with Gasteiger partial charge in [-0.1, -0.05) is 11.3 Å². The molecule has 1 N–H and O–H groups in total. The van der Waals surface area contributed by atoms with E-state index < -0.39 is 11.6 Å². The Morgan fingerprint density at radius 2 is 2.12 bits per heavy atom. The highest BCUT2D eigenvalue weighted by atomic mass is 16.6. The molecule has 0 bridgehead atoms. The summed E-state index contributed by atoms with van der Waals surface area (Å²) in [5, 5.41) is 17.5.